The number of aromatic nitrogens is 1. The molecule has 1 amide bonds. The third-order valence-corrected chi connectivity index (χ3v) is 6.42. The smallest absolute Gasteiger partial charge is 0.244 e. The molecule has 0 saturated heterocycles. The van der Waals surface area contributed by atoms with E-state index < -0.39 is 0 Å². The summed E-state index contributed by atoms with van der Waals surface area (Å²) in [5.41, 5.74) is 6.57. The Hall–Kier alpha value is -4.45. The lowest BCUT2D eigenvalue weighted by atomic mass is 9.99. The van der Waals surface area contributed by atoms with Crippen molar-refractivity contribution >= 4 is 33.4 Å². The predicted molar refractivity (Wildman–Crippen MR) is 143 cm³/mol. The molecule has 6 heteroatoms. The maximum atomic E-state index is 12.7. The minimum absolute atomic E-state index is 0.144. The summed E-state index contributed by atoms with van der Waals surface area (Å²) in [7, 11) is 3.26. The highest BCUT2D eigenvalue weighted by Crippen LogP contribution is 2.38. The van der Waals surface area contributed by atoms with Crippen LogP contribution in [0.25, 0.3) is 38.6 Å². The van der Waals surface area contributed by atoms with E-state index in [1.807, 2.05) is 67.7 Å². The summed E-state index contributed by atoms with van der Waals surface area (Å²) in [6.45, 7) is 2.45. The molecule has 36 heavy (non-hydrogen) atoms. The average Bonchev–Trinajstić information content (AvgIpc) is 3.51. The van der Waals surface area contributed by atoms with Crippen molar-refractivity contribution in [1.29, 1.82) is 0 Å². The molecule has 0 aliphatic rings. The van der Waals surface area contributed by atoms with E-state index in [1.54, 1.807) is 26.6 Å². The Bertz CT molecular complexity index is 1570. The number of carbonyl (C=O) groups is 1. The Kier molecular flexibility index (Phi) is 6.50. The SMILES string of the molecule is COc1cccc(-c2coc3cc(OC)c(/C(C)=C/C(=O)NCCc4c[nH]c5ccccc45)cc23)c1. The van der Waals surface area contributed by atoms with Gasteiger partial charge < -0.3 is 24.2 Å². The second-order valence-corrected chi connectivity index (χ2v) is 8.66. The number of nitrogens with one attached hydrogen (secondary N) is 2. The number of H-pyrrole nitrogens is 1. The van der Waals surface area contributed by atoms with E-state index >= 15 is 0 Å². The van der Waals surface area contributed by atoms with Crippen molar-refractivity contribution in [1.82, 2.24) is 10.3 Å². The van der Waals surface area contributed by atoms with Crippen LogP contribution in [0.2, 0.25) is 0 Å². The zero-order valence-corrected chi connectivity index (χ0v) is 20.6. The molecule has 182 valence electrons. The lowest BCUT2D eigenvalue weighted by Gasteiger charge is -2.10. The fourth-order valence-corrected chi connectivity index (χ4v) is 4.53. The molecule has 0 spiro atoms. The molecule has 0 atom stereocenters. The van der Waals surface area contributed by atoms with Crippen LogP contribution in [-0.2, 0) is 11.2 Å². The van der Waals surface area contributed by atoms with Crippen LogP contribution in [0.5, 0.6) is 11.5 Å². The Morgan fingerprint density at radius 3 is 2.72 bits per heavy atom. The zero-order valence-electron chi connectivity index (χ0n) is 20.6. The van der Waals surface area contributed by atoms with Gasteiger partial charge in [-0.05, 0) is 54.3 Å². The number of para-hydroxylation sites is 1. The lowest BCUT2D eigenvalue weighted by molar-refractivity contribution is -0.116. The summed E-state index contributed by atoms with van der Waals surface area (Å²) in [6.07, 6.45) is 6.10. The van der Waals surface area contributed by atoms with Gasteiger partial charge in [0.05, 0.1) is 20.5 Å². The molecule has 6 nitrogen and oxygen atoms in total. The van der Waals surface area contributed by atoms with E-state index in [0.29, 0.717) is 17.9 Å². The summed E-state index contributed by atoms with van der Waals surface area (Å²) in [4.78, 5) is 16.0. The quantitative estimate of drug-likeness (QED) is 0.253. The standard InChI is InChI=1S/C30H28N2O4/c1-19(13-30(33)31-12-11-21-17-32-27-10-5-4-9-23(21)27)24-15-25-26(18-36-29(25)16-28(24)35-3)20-7-6-8-22(14-20)34-2/h4-10,13-18,32H,11-12H2,1-3H3,(H,31,33)/b19-13+. The second kappa shape index (κ2) is 10.0. The van der Waals surface area contributed by atoms with E-state index in [2.05, 4.69) is 16.4 Å². The monoisotopic (exact) mass is 480 g/mol. The van der Waals surface area contributed by atoms with Gasteiger partial charge in [-0.15, -0.1) is 0 Å². The van der Waals surface area contributed by atoms with Crippen LogP contribution in [0.1, 0.15) is 18.1 Å². The maximum Gasteiger partial charge on any atom is 0.244 e. The molecular formula is C30H28N2O4. The van der Waals surface area contributed by atoms with Crippen molar-refractivity contribution in [3.05, 3.63) is 90.3 Å². The third kappa shape index (κ3) is 4.58. The van der Waals surface area contributed by atoms with Crippen LogP contribution in [-0.4, -0.2) is 31.7 Å². The van der Waals surface area contributed by atoms with Gasteiger partial charge in [-0.1, -0.05) is 30.3 Å². The molecule has 0 radical (unpaired) electrons. The number of methoxy groups -OCH3 is 2. The van der Waals surface area contributed by atoms with Crippen LogP contribution in [0.3, 0.4) is 0 Å². The zero-order chi connectivity index (χ0) is 25.1. The maximum absolute atomic E-state index is 12.7. The van der Waals surface area contributed by atoms with Gasteiger partial charge in [0.1, 0.15) is 17.1 Å². The first kappa shape index (κ1) is 23.3. The summed E-state index contributed by atoms with van der Waals surface area (Å²) in [6, 6.07) is 19.9. The second-order valence-electron chi connectivity index (χ2n) is 8.66. The number of allylic oxidation sites excluding steroid dienone is 1. The van der Waals surface area contributed by atoms with Gasteiger partial charge in [-0.25, -0.2) is 0 Å². The van der Waals surface area contributed by atoms with E-state index in [-0.39, 0.29) is 5.91 Å². The molecule has 3 aromatic carbocycles. The van der Waals surface area contributed by atoms with Crippen LogP contribution in [0.15, 0.2) is 83.6 Å². The Morgan fingerprint density at radius 1 is 1.03 bits per heavy atom. The van der Waals surface area contributed by atoms with Crippen molar-refractivity contribution in [2.24, 2.45) is 0 Å². The number of aromatic amines is 1. The van der Waals surface area contributed by atoms with Crippen molar-refractivity contribution < 1.29 is 18.7 Å². The van der Waals surface area contributed by atoms with Gasteiger partial charge >= 0.3 is 0 Å². The third-order valence-electron chi connectivity index (χ3n) is 6.42. The molecule has 0 bridgehead atoms. The number of hydrogen-bond acceptors (Lipinski definition) is 4. The minimum Gasteiger partial charge on any atom is -0.497 e. The Morgan fingerprint density at radius 2 is 1.89 bits per heavy atom. The number of benzene rings is 3. The first-order valence-corrected chi connectivity index (χ1v) is 11.8. The van der Waals surface area contributed by atoms with E-state index in [0.717, 1.165) is 45.3 Å². The summed E-state index contributed by atoms with van der Waals surface area (Å²) < 4.78 is 16.8. The molecule has 0 saturated carbocycles. The number of hydrogen-bond donors (Lipinski definition) is 2. The topological polar surface area (TPSA) is 76.5 Å². The molecule has 5 aromatic rings. The van der Waals surface area contributed by atoms with Gasteiger partial charge in [-0.3, -0.25) is 4.79 Å². The van der Waals surface area contributed by atoms with Crippen LogP contribution >= 0.6 is 0 Å². The number of carbonyl (C=O) groups excluding carboxylic acids is 1. The number of rotatable bonds is 8. The molecule has 5 rings (SSSR count). The van der Waals surface area contributed by atoms with Gasteiger partial charge in [0.2, 0.25) is 5.91 Å². The first-order valence-electron chi connectivity index (χ1n) is 11.8. The molecule has 0 fully saturated rings. The number of fused-ring (bicyclic) bond motifs is 2. The Balaban J connectivity index is 1.37. The van der Waals surface area contributed by atoms with Crippen LogP contribution < -0.4 is 14.8 Å². The predicted octanol–water partition coefficient (Wildman–Crippen LogP) is 6.36. The number of furan rings is 1. The van der Waals surface area contributed by atoms with Gasteiger partial charge in [0.15, 0.2) is 0 Å². The number of amides is 1. The lowest BCUT2D eigenvalue weighted by Crippen LogP contribution is -2.23. The van der Waals surface area contributed by atoms with Crippen molar-refractivity contribution in [3.63, 3.8) is 0 Å². The van der Waals surface area contributed by atoms with Gasteiger partial charge in [0, 0.05) is 52.3 Å². The normalized spacial score (nSPS) is 11.7. The van der Waals surface area contributed by atoms with Crippen LogP contribution in [0.4, 0.5) is 0 Å². The largest absolute Gasteiger partial charge is 0.497 e. The Labute approximate surface area is 209 Å². The minimum atomic E-state index is -0.144. The fourth-order valence-electron chi connectivity index (χ4n) is 4.53. The van der Waals surface area contributed by atoms with Crippen molar-refractivity contribution in [3.8, 4) is 22.6 Å². The summed E-state index contributed by atoms with van der Waals surface area (Å²) >= 11 is 0. The molecule has 0 unspecified atom stereocenters. The van der Waals surface area contributed by atoms with E-state index in [1.165, 1.54) is 10.9 Å². The summed E-state index contributed by atoms with van der Waals surface area (Å²) in [5, 5.41) is 5.12. The highest BCUT2D eigenvalue weighted by Gasteiger charge is 2.15. The average molecular weight is 481 g/mol. The number of ether oxygens (including phenoxy) is 2. The molecule has 0 aliphatic heterocycles. The molecule has 2 N–H and O–H groups in total. The van der Waals surface area contributed by atoms with Crippen molar-refractivity contribution in [2.75, 3.05) is 20.8 Å². The van der Waals surface area contributed by atoms with Gasteiger partial charge in [-0.2, -0.15) is 0 Å². The highest BCUT2D eigenvalue weighted by atomic mass is 16.5. The fraction of sp³-hybridized carbons (Fsp3) is 0.167. The summed E-state index contributed by atoms with van der Waals surface area (Å²) in [5.74, 6) is 1.28. The molecule has 2 heterocycles. The van der Waals surface area contributed by atoms with Crippen molar-refractivity contribution in [2.45, 2.75) is 13.3 Å². The molecule has 0 aliphatic carbocycles. The van der Waals surface area contributed by atoms with E-state index in [9.17, 15) is 4.79 Å². The van der Waals surface area contributed by atoms with Crippen LogP contribution in [0, 0.1) is 0 Å². The highest BCUT2D eigenvalue weighted by molar-refractivity contribution is 6.00. The first-order chi connectivity index (χ1) is 17.6. The van der Waals surface area contributed by atoms with E-state index in [4.69, 9.17) is 13.9 Å². The molecule has 2 aromatic heterocycles. The van der Waals surface area contributed by atoms with Gasteiger partial charge in [0.25, 0.3) is 0 Å². The molecular weight excluding hydrogens is 452 g/mol.